The number of pyridine rings is 1. The average molecular weight is 257 g/mol. The summed E-state index contributed by atoms with van der Waals surface area (Å²) in [4.78, 5) is 16.4. The maximum absolute atomic E-state index is 12.4. The Morgan fingerprint density at radius 3 is 2.95 bits per heavy atom. The largest absolute Gasteiger partial charge is 0.347 e. The molecule has 1 aromatic heterocycles. The minimum absolute atomic E-state index is 0.0150. The maximum Gasteiger partial charge on any atom is 0.253 e. The summed E-state index contributed by atoms with van der Waals surface area (Å²) in [6, 6.07) is 1.71. The molecule has 0 bridgehead atoms. The van der Waals surface area contributed by atoms with Crippen LogP contribution in [0.25, 0.3) is 0 Å². The molecule has 3 N–H and O–H groups in total. The zero-order valence-corrected chi connectivity index (χ0v) is 11.2. The molecular formula is C15H19N3O. The van der Waals surface area contributed by atoms with Crippen molar-refractivity contribution in [1.82, 2.24) is 10.3 Å². The van der Waals surface area contributed by atoms with Gasteiger partial charge in [-0.05, 0) is 31.7 Å². The molecule has 100 valence electrons. The summed E-state index contributed by atoms with van der Waals surface area (Å²) < 4.78 is 0. The standard InChI is InChI=1S/C15H19N3O/c1-2-15(7-4-8-15)18-14(19)13-6-10-17-11-12(13)5-3-9-16/h6,10-11H,2,4,7-9,16H2,1H3,(H,18,19). The number of hydrogen-bond donors (Lipinski definition) is 2. The molecule has 4 nitrogen and oxygen atoms in total. The van der Waals surface area contributed by atoms with E-state index in [1.807, 2.05) is 0 Å². The summed E-state index contributed by atoms with van der Waals surface area (Å²) in [5.74, 6) is 5.59. The highest BCUT2D eigenvalue weighted by Crippen LogP contribution is 2.34. The Hall–Kier alpha value is -1.86. The Morgan fingerprint density at radius 2 is 2.37 bits per heavy atom. The molecule has 1 heterocycles. The van der Waals surface area contributed by atoms with Crippen molar-refractivity contribution >= 4 is 5.91 Å². The van der Waals surface area contributed by atoms with Gasteiger partial charge in [0.1, 0.15) is 0 Å². The van der Waals surface area contributed by atoms with Gasteiger partial charge in [0.05, 0.1) is 17.7 Å². The van der Waals surface area contributed by atoms with E-state index >= 15 is 0 Å². The first kappa shape index (κ1) is 13.6. The minimum atomic E-state index is -0.0646. The zero-order valence-electron chi connectivity index (χ0n) is 11.2. The van der Waals surface area contributed by atoms with E-state index in [9.17, 15) is 4.79 Å². The van der Waals surface area contributed by atoms with Crippen molar-refractivity contribution in [3.8, 4) is 11.8 Å². The van der Waals surface area contributed by atoms with Crippen LogP contribution in [-0.2, 0) is 0 Å². The monoisotopic (exact) mass is 257 g/mol. The SMILES string of the molecule is CCC1(NC(=O)c2ccncc2C#CCN)CCC1. The molecule has 1 aliphatic rings. The molecule has 0 aromatic carbocycles. The number of nitrogens with zero attached hydrogens (tertiary/aromatic N) is 1. The number of nitrogens with two attached hydrogens (primary N) is 1. The first-order valence-corrected chi connectivity index (χ1v) is 6.66. The quantitative estimate of drug-likeness (QED) is 0.805. The average Bonchev–Trinajstić information content (AvgIpc) is 2.40. The fourth-order valence-electron chi connectivity index (χ4n) is 2.32. The van der Waals surface area contributed by atoms with E-state index in [-0.39, 0.29) is 18.0 Å². The van der Waals surface area contributed by atoms with Gasteiger partial charge in [-0.3, -0.25) is 9.78 Å². The minimum Gasteiger partial charge on any atom is -0.347 e. The van der Waals surface area contributed by atoms with Crippen LogP contribution in [0.2, 0.25) is 0 Å². The summed E-state index contributed by atoms with van der Waals surface area (Å²) in [6.45, 7) is 2.38. The van der Waals surface area contributed by atoms with Crippen LogP contribution in [0.4, 0.5) is 0 Å². The number of amides is 1. The van der Waals surface area contributed by atoms with E-state index in [0.717, 1.165) is 19.3 Å². The first-order chi connectivity index (χ1) is 9.21. The summed E-state index contributed by atoms with van der Waals surface area (Å²) >= 11 is 0. The van der Waals surface area contributed by atoms with Crippen LogP contribution < -0.4 is 11.1 Å². The molecule has 19 heavy (non-hydrogen) atoms. The summed E-state index contributed by atoms with van der Waals surface area (Å²) in [7, 11) is 0. The van der Waals surface area contributed by atoms with Crippen LogP contribution in [0.1, 0.15) is 48.5 Å². The van der Waals surface area contributed by atoms with Crippen molar-refractivity contribution in [3.05, 3.63) is 29.6 Å². The summed E-state index contributed by atoms with van der Waals surface area (Å²) in [5.41, 5.74) is 6.56. The number of carbonyl (C=O) groups excluding carboxylic acids is 1. The molecule has 0 atom stereocenters. The molecule has 0 aliphatic heterocycles. The van der Waals surface area contributed by atoms with E-state index in [0.29, 0.717) is 11.1 Å². The van der Waals surface area contributed by atoms with E-state index < -0.39 is 0 Å². The van der Waals surface area contributed by atoms with Crippen LogP contribution in [0.3, 0.4) is 0 Å². The van der Waals surface area contributed by atoms with Crippen LogP contribution in [-0.4, -0.2) is 23.0 Å². The van der Waals surface area contributed by atoms with E-state index in [4.69, 9.17) is 5.73 Å². The molecule has 1 amide bonds. The Labute approximate surface area is 113 Å². The van der Waals surface area contributed by atoms with Gasteiger partial charge in [0.25, 0.3) is 5.91 Å². The Kier molecular flexibility index (Phi) is 4.18. The van der Waals surface area contributed by atoms with E-state index in [2.05, 4.69) is 29.1 Å². The second-order valence-electron chi connectivity index (χ2n) is 4.87. The molecule has 0 radical (unpaired) electrons. The van der Waals surface area contributed by atoms with Crippen molar-refractivity contribution in [2.75, 3.05) is 6.54 Å². The number of rotatable bonds is 3. The van der Waals surface area contributed by atoms with Crippen molar-refractivity contribution in [1.29, 1.82) is 0 Å². The molecule has 2 rings (SSSR count). The van der Waals surface area contributed by atoms with Crippen LogP contribution in [0.5, 0.6) is 0 Å². The lowest BCUT2D eigenvalue weighted by Crippen LogP contribution is -2.53. The lowest BCUT2D eigenvalue weighted by molar-refractivity contribution is 0.0820. The highest BCUT2D eigenvalue weighted by Gasteiger charge is 2.36. The molecule has 1 fully saturated rings. The second-order valence-corrected chi connectivity index (χ2v) is 4.87. The second kappa shape index (κ2) is 5.85. The third kappa shape index (κ3) is 2.94. The maximum atomic E-state index is 12.4. The third-order valence-electron chi connectivity index (χ3n) is 3.76. The fourth-order valence-corrected chi connectivity index (χ4v) is 2.32. The number of aromatic nitrogens is 1. The normalized spacial score (nSPS) is 15.9. The number of carbonyl (C=O) groups is 1. The molecule has 1 aromatic rings. The van der Waals surface area contributed by atoms with Crippen LogP contribution in [0.15, 0.2) is 18.5 Å². The van der Waals surface area contributed by atoms with Crippen LogP contribution >= 0.6 is 0 Å². The fraction of sp³-hybridized carbons (Fsp3) is 0.467. The first-order valence-electron chi connectivity index (χ1n) is 6.66. The van der Waals surface area contributed by atoms with Gasteiger partial charge in [-0.1, -0.05) is 18.8 Å². The van der Waals surface area contributed by atoms with Gasteiger partial charge < -0.3 is 11.1 Å². The highest BCUT2D eigenvalue weighted by molar-refractivity contribution is 5.97. The lowest BCUT2D eigenvalue weighted by Gasteiger charge is -2.42. The van der Waals surface area contributed by atoms with Gasteiger partial charge in [-0.25, -0.2) is 0 Å². The molecule has 4 heteroatoms. The summed E-state index contributed by atoms with van der Waals surface area (Å²) in [5, 5.41) is 3.15. The van der Waals surface area contributed by atoms with Crippen molar-refractivity contribution < 1.29 is 4.79 Å². The van der Waals surface area contributed by atoms with Gasteiger partial charge in [0, 0.05) is 17.9 Å². The number of nitrogens with one attached hydrogen (secondary N) is 1. The Bertz CT molecular complexity index is 518. The zero-order chi connectivity index (χ0) is 13.7. The smallest absolute Gasteiger partial charge is 0.253 e. The predicted octanol–water partition coefficient (Wildman–Crippen LogP) is 1.45. The van der Waals surface area contributed by atoms with Crippen LogP contribution in [0, 0.1) is 11.8 Å². The number of hydrogen-bond acceptors (Lipinski definition) is 3. The van der Waals surface area contributed by atoms with Gasteiger partial charge in [-0.15, -0.1) is 0 Å². The van der Waals surface area contributed by atoms with E-state index in [1.165, 1.54) is 6.42 Å². The van der Waals surface area contributed by atoms with Gasteiger partial charge in [-0.2, -0.15) is 0 Å². The third-order valence-corrected chi connectivity index (χ3v) is 3.76. The van der Waals surface area contributed by atoms with Crippen molar-refractivity contribution in [2.24, 2.45) is 5.73 Å². The van der Waals surface area contributed by atoms with E-state index in [1.54, 1.807) is 18.5 Å². The molecule has 1 saturated carbocycles. The van der Waals surface area contributed by atoms with Crippen molar-refractivity contribution in [2.45, 2.75) is 38.1 Å². The molecular weight excluding hydrogens is 238 g/mol. The Morgan fingerprint density at radius 1 is 1.58 bits per heavy atom. The van der Waals surface area contributed by atoms with Gasteiger partial charge >= 0.3 is 0 Å². The molecule has 1 aliphatic carbocycles. The lowest BCUT2D eigenvalue weighted by atomic mass is 9.74. The van der Waals surface area contributed by atoms with Crippen molar-refractivity contribution in [3.63, 3.8) is 0 Å². The predicted molar refractivity (Wildman–Crippen MR) is 74.5 cm³/mol. The molecule has 0 saturated heterocycles. The van der Waals surface area contributed by atoms with Gasteiger partial charge in [0.15, 0.2) is 0 Å². The topological polar surface area (TPSA) is 68.0 Å². The molecule has 0 spiro atoms. The summed E-state index contributed by atoms with van der Waals surface area (Å²) in [6.07, 6.45) is 7.49. The Balaban J connectivity index is 2.19. The highest BCUT2D eigenvalue weighted by atomic mass is 16.1. The van der Waals surface area contributed by atoms with Gasteiger partial charge in [0.2, 0.25) is 0 Å². The molecule has 0 unspecified atom stereocenters.